The van der Waals surface area contributed by atoms with Crippen LogP contribution in [0.15, 0.2) is 34.2 Å². The number of nitrogens with zero attached hydrogens (tertiary/aromatic N) is 4. The van der Waals surface area contributed by atoms with Crippen LogP contribution in [-0.2, 0) is 11.3 Å². The largest absolute Gasteiger partial charge is 0.337 e. The molecular weight excluding hydrogens is 446 g/mol. The van der Waals surface area contributed by atoms with Crippen molar-refractivity contribution in [1.82, 2.24) is 19.8 Å². The number of carbonyl (C=O) groups is 1. The molecule has 8 heteroatoms. The van der Waals surface area contributed by atoms with E-state index in [1.54, 1.807) is 10.6 Å². The van der Waals surface area contributed by atoms with E-state index in [0.717, 1.165) is 25.7 Å². The first-order valence-electron chi connectivity index (χ1n) is 12.4. The van der Waals surface area contributed by atoms with Gasteiger partial charge in [0.1, 0.15) is 5.54 Å². The highest BCUT2D eigenvalue weighted by Crippen LogP contribution is 2.27. The first kappa shape index (κ1) is 26.2. The van der Waals surface area contributed by atoms with E-state index in [9.17, 15) is 14.9 Å². The standard InChI is InChI=1S/C26H37N5O2S/c1-19(2)30(20(3)4)15-16-31-24(33)21-11-7-8-12-22(21)28-25(31)34-17-23(32)29-26(18-27)13-9-5-6-10-14-26/h7-8,11-12,19-20H,5-6,9-10,13-17H2,1-4H3,(H,29,32). The molecule has 0 atom stereocenters. The molecule has 1 aromatic carbocycles. The fraction of sp³-hybridized carbons (Fsp3) is 0.615. The lowest BCUT2D eigenvalue weighted by Crippen LogP contribution is -2.47. The Hall–Kier alpha value is -2.37. The van der Waals surface area contributed by atoms with E-state index < -0.39 is 5.54 Å². The molecule has 1 aromatic heterocycles. The maximum Gasteiger partial charge on any atom is 0.262 e. The molecule has 1 heterocycles. The van der Waals surface area contributed by atoms with Crippen LogP contribution < -0.4 is 10.9 Å². The van der Waals surface area contributed by atoms with Gasteiger partial charge in [-0.25, -0.2) is 4.98 Å². The SMILES string of the molecule is CC(C)N(CCn1c(SCC(=O)NC2(C#N)CCCCCC2)nc2ccccc2c1=O)C(C)C. The Morgan fingerprint density at radius 2 is 1.82 bits per heavy atom. The molecule has 2 aromatic rings. The molecule has 1 saturated carbocycles. The zero-order chi connectivity index (χ0) is 24.7. The second-order valence-corrected chi connectivity index (χ2v) is 10.7. The number of benzene rings is 1. The monoisotopic (exact) mass is 483 g/mol. The van der Waals surface area contributed by atoms with E-state index >= 15 is 0 Å². The second kappa shape index (κ2) is 11.9. The van der Waals surface area contributed by atoms with Crippen LogP contribution in [0.1, 0.15) is 66.2 Å². The van der Waals surface area contributed by atoms with Crippen molar-refractivity contribution in [3.63, 3.8) is 0 Å². The Morgan fingerprint density at radius 3 is 2.44 bits per heavy atom. The molecule has 0 saturated heterocycles. The summed E-state index contributed by atoms with van der Waals surface area (Å²) in [6, 6.07) is 10.4. The lowest BCUT2D eigenvalue weighted by molar-refractivity contribution is -0.120. The van der Waals surface area contributed by atoms with E-state index in [2.05, 4.69) is 44.0 Å². The fourth-order valence-corrected chi connectivity index (χ4v) is 5.64. The fourth-order valence-electron chi connectivity index (χ4n) is 4.81. The van der Waals surface area contributed by atoms with E-state index in [4.69, 9.17) is 4.98 Å². The predicted molar refractivity (Wildman–Crippen MR) is 138 cm³/mol. The average molecular weight is 484 g/mol. The van der Waals surface area contributed by atoms with Gasteiger partial charge in [-0.2, -0.15) is 5.26 Å². The number of hydrogen-bond donors (Lipinski definition) is 1. The Morgan fingerprint density at radius 1 is 1.18 bits per heavy atom. The maximum atomic E-state index is 13.3. The molecule has 1 N–H and O–H groups in total. The molecule has 7 nitrogen and oxygen atoms in total. The molecule has 0 bridgehead atoms. The van der Waals surface area contributed by atoms with Gasteiger partial charge >= 0.3 is 0 Å². The molecular formula is C26H37N5O2S. The highest BCUT2D eigenvalue weighted by molar-refractivity contribution is 7.99. The summed E-state index contributed by atoms with van der Waals surface area (Å²) < 4.78 is 1.70. The zero-order valence-electron chi connectivity index (χ0n) is 20.8. The number of rotatable bonds is 9. The molecule has 1 amide bonds. The number of para-hydroxylation sites is 1. The minimum absolute atomic E-state index is 0.0850. The summed E-state index contributed by atoms with van der Waals surface area (Å²) in [6.45, 7) is 9.82. The van der Waals surface area contributed by atoms with Gasteiger partial charge in [0.15, 0.2) is 5.16 Å². The quantitative estimate of drug-likeness (QED) is 0.324. The molecule has 1 fully saturated rings. The van der Waals surface area contributed by atoms with Crippen molar-refractivity contribution in [2.24, 2.45) is 0 Å². The molecule has 0 aliphatic heterocycles. The van der Waals surface area contributed by atoms with Crippen LogP contribution in [-0.4, -0.2) is 50.3 Å². The number of carbonyl (C=O) groups excluding carboxylic acids is 1. The Labute approximate surface area is 206 Å². The number of nitriles is 1. The Bertz CT molecular complexity index is 1070. The lowest BCUT2D eigenvalue weighted by Gasteiger charge is -2.31. The van der Waals surface area contributed by atoms with Crippen LogP contribution in [0.3, 0.4) is 0 Å². The third-order valence-electron chi connectivity index (χ3n) is 6.62. The summed E-state index contributed by atoms with van der Waals surface area (Å²) in [5, 5.41) is 13.9. The van der Waals surface area contributed by atoms with Gasteiger partial charge in [-0.1, -0.05) is 49.6 Å². The van der Waals surface area contributed by atoms with Gasteiger partial charge in [0.25, 0.3) is 5.56 Å². The van der Waals surface area contributed by atoms with Gasteiger partial charge < -0.3 is 5.32 Å². The van der Waals surface area contributed by atoms with Crippen LogP contribution in [0.4, 0.5) is 0 Å². The summed E-state index contributed by atoms with van der Waals surface area (Å²) in [5.74, 6) is -0.0693. The van der Waals surface area contributed by atoms with Gasteiger partial charge in [0, 0.05) is 25.2 Å². The number of fused-ring (bicyclic) bond motifs is 1. The van der Waals surface area contributed by atoms with Gasteiger partial charge in [-0.3, -0.25) is 19.1 Å². The molecule has 1 aliphatic rings. The number of nitrogens with one attached hydrogen (secondary N) is 1. The molecule has 0 radical (unpaired) electrons. The van der Waals surface area contributed by atoms with Gasteiger partial charge in [0.05, 0.1) is 22.7 Å². The molecule has 0 unspecified atom stereocenters. The van der Waals surface area contributed by atoms with E-state index in [0.29, 0.717) is 54.1 Å². The van der Waals surface area contributed by atoms with Crippen LogP contribution in [0.5, 0.6) is 0 Å². The van der Waals surface area contributed by atoms with Crippen LogP contribution >= 0.6 is 11.8 Å². The molecule has 1 aliphatic carbocycles. The first-order valence-corrected chi connectivity index (χ1v) is 13.4. The van der Waals surface area contributed by atoms with Crippen LogP contribution in [0.2, 0.25) is 0 Å². The summed E-state index contributed by atoms with van der Waals surface area (Å²) in [7, 11) is 0. The number of aromatic nitrogens is 2. The smallest absolute Gasteiger partial charge is 0.262 e. The summed E-state index contributed by atoms with van der Waals surface area (Å²) >= 11 is 1.27. The van der Waals surface area contributed by atoms with Gasteiger partial charge in [-0.15, -0.1) is 0 Å². The average Bonchev–Trinajstić information content (AvgIpc) is 3.05. The summed E-state index contributed by atoms with van der Waals surface area (Å²) in [5.41, 5.74) is -0.230. The van der Waals surface area contributed by atoms with Crippen molar-refractivity contribution in [3.05, 3.63) is 34.6 Å². The Kier molecular flexibility index (Phi) is 9.15. The maximum absolute atomic E-state index is 13.3. The first-order chi connectivity index (χ1) is 16.3. The lowest BCUT2D eigenvalue weighted by atomic mass is 9.92. The summed E-state index contributed by atoms with van der Waals surface area (Å²) in [4.78, 5) is 33.3. The third kappa shape index (κ3) is 6.39. The van der Waals surface area contributed by atoms with Crippen molar-refractivity contribution in [3.8, 4) is 6.07 Å². The normalized spacial score (nSPS) is 16.1. The van der Waals surface area contributed by atoms with E-state index in [-0.39, 0.29) is 17.2 Å². The molecule has 34 heavy (non-hydrogen) atoms. The van der Waals surface area contributed by atoms with Crippen LogP contribution in [0, 0.1) is 11.3 Å². The molecule has 3 rings (SSSR count). The Balaban J connectivity index is 1.81. The van der Waals surface area contributed by atoms with Crippen molar-refractivity contribution < 1.29 is 4.79 Å². The number of amides is 1. The minimum atomic E-state index is -0.778. The highest BCUT2D eigenvalue weighted by Gasteiger charge is 2.32. The van der Waals surface area contributed by atoms with Crippen molar-refractivity contribution in [2.45, 2.75) is 95.5 Å². The summed E-state index contributed by atoms with van der Waals surface area (Å²) in [6.07, 6.45) is 5.50. The topological polar surface area (TPSA) is 91.0 Å². The highest BCUT2D eigenvalue weighted by atomic mass is 32.2. The van der Waals surface area contributed by atoms with Crippen molar-refractivity contribution in [2.75, 3.05) is 12.3 Å². The third-order valence-corrected chi connectivity index (χ3v) is 7.59. The minimum Gasteiger partial charge on any atom is -0.337 e. The van der Waals surface area contributed by atoms with Crippen LogP contribution in [0.25, 0.3) is 10.9 Å². The molecule has 184 valence electrons. The zero-order valence-corrected chi connectivity index (χ0v) is 21.7. The van der Waals surface area contributed by atoms with E-state index in [1.165, 1.54) is 11.8 Å². The molecule has 0 spiro atoms. The second-order valence-electron chi connectivity index (χ2n) is 9.74. The van der Waals surface area contributed by atoms with Gasteiger partial charge in [-0.05, 0) is 52.7 Å². The van der Waals surface area contributed by atoms with Crippen molar-refractivity contribution >= 4 is 28.6 Å². The van der Waals surface area contributed by atoms with Crippen molar-refractivity contribution in [1.29, 1.82) is 5.26 Å². The predicted octanol–water partition coefficient (Wildman–Crippen LogP) is 4.34. The van der Waals surface area contributed by atoms with E-state index in [1.807, 2.05) is 18.2 Å². The number of hydrogen-bond acceptors (Lipinski definition) is 6. The number of thioether (sulfide) groups is 1. The van der Waals surface area contributed by atoms with Gasteiger partial charge in [0.2, 0.25) is 5.91 Å².